The minimum absolute atomic E-state index is 0.0152. The number of para-hydroxylation sites is 1. The van der Waals surface area contributed by atoms with Gasteiger partial charge in [-0.2, -0.15) is 0 Å². The molecule has 1 saturated heterocycles. The zero-order valence-corrected chi connectivity index (χ0v) is 43.5. The van der Waals surface area contributed by atoms with E-state index < -0.39 is 5.54 Å². The number of amides is 3. The van der Waals surface area contributed by atoms with E-state index in [-0.39, 0.29) is 34.4 Å². The van der Waals surface area contributed by atoms with Gasteiger partial charge in [0.1, 0.15) is 17.9 Å². The first-order valence-electron chi connectivity index (χ1n) is 25.9. The standard InChI is InChI=1S/C54H78N8O5S2/c1-6-67-34-44-60-47-48(41-20-13-14-21-42(41)59-51(47)55)62(44)35-53(3,4)61-46(64)23-12-9-16-31-56-45(63)30-33-68-69-36(2)37-24-26-39(27-25-37)52(66)57-32-17-15-22-43-50(65)54(5)40-19-11-8-7-10-18-38(28-29-40)49(54)58-43/h13-14,20-21,24-27,36,38,40,43,49,58H,6-12,15-19,22-23,28-35H2,1-5H3,(H2,55,59)(H,56,63)(H,57,66)(H,61,64). The van der Waals surface area contributed by atoms with Crippen LogP contribution in [0.3, 0.4) is 0 Å². The summed E-state index contributed by atoms with van der Waals surface area (Å²) in [5.41, 5.74) is 9.66. The Labute approximate surface area is 418 Å². The molecule has 15 heteroatoms. The number of nitrogens with one attached hydrogen (secondary N) is 4. The third kappa shape index (κ3) is 13.4. The van der Waals surface area contributed by atoms with E-state index in [9.17, 15) is 19.2 Å². The fourth-order valence-electron chi connectivity index (χ4n) is 11.3. The highest BCUT2D eigenvalue weighted by molar-refractivity contribution is 8.76. The van der Waals surface area contributed by atoms with Crippen molar-refractivity contribution >= 4 is 72.8 Å². The highest BCUT2D eigenvalue weighted by Crippen LogP contribution is 2.52. The molecule has 6 unspecified atom stereocenters. The van der Waals surface area contributed by atoms with Gasteiger partial charge in [-0.05, 0) is 121 Å². The fourth-order valence-corrected chi connectivity index (χ4v) is 13.6. The maximum atomic E-state index is 13.9. The maximum absolute atomic E-state index is 13.9. The molecule has 3 heterocycles. The molecule has 69 heavy (non-hydrogen) atoms. The lowest BCUT2D eigenvalue weighted by Gasteiger charge is -2.47. The molecule has 7 rings (SSSR count). The first kappa shape index (κ1) is 52.6. The number of ether oxygens (including phenoxy) is 1. The number of hydrogen-bond acceptors (Lipinski definition) is 11. The van der Waals surface area contributed by atoms with Gasteiger partial charge in [0.2, 0.25) is 11.8 Å². The fraction of sp³-hybridized carbons (Fsp3) is 0.630. The van der Waals surface area contributed by atoms with Crippen molar-refractivity contribution < 1.29 is 23.9 Å². The van der Waals surface area contributed by atoms with Crippen LogP contribution in [-0.4, -0.2) is 81.1 Å². The topological polar surface area (TPSA) is 182 Å². The zero-order chi connectivity index (χ0) is 49.0. The number of unbranched alkanes of at least 4 members (excludes halogenated alkanes) is 3. The smallest absolute Gasteiger partial charge is 0.251 e. The molecular weight excluding hydrogens is 905 g/mol. The summed E-state index contributed by atoms with van der Waals surface area (Å²) in [5.74, 6) is 3.34. The highest BCUT2D eigenvalue weighted by atomic mass is 33.1. The molecule has 0 radical (unpaired) electrons. The Morgan fingerprint density at radius 2 is 1.67 bits per heavy atom. The molecule has 0 spiro atoms. The summed E-state index contributed by atoms with van der Waals surface area (Å²) in [6, 6.07) is 16.0. The van der Waals surface area contributed by atoms with Gasteiger partial charge in [0.05, 0.1) is 22.6 Å². The minimum Gasteiger partial charge on any atom is -0.382 e. The molecule has 2 aromatic heterocycles. The number of carbonyl (C=O) groups is 4. The number of anilines is 1. The van der Waals surface area contributed by atoms with Gasteiger partial charge in [0, 0.05) is 72.5 Å². The lowest BCUT2D eigenvalue weighted by Crippen LogP contribution is -2.51. The number of pyridine rings is 1. The molecule has 3 fully saturated rings. The second-order valence-electron chi connectivity index (χ2n) is 20.6. The molecule has 376 valence electrons. The average molecular weight is 983 g/mol. The number of rotatable bonds is 24. The number of imidazole rings is 1. The summed E-state index contributed by atoms with van der Waals surface area (Å²) in [7, 11) is 3.41. The average Bonchev–Trinajstić information content (AvgIpc) is 3.83. The van der Waals surface area contributed by atoms with Crippen molar-refractivity contribution in [2.75, 3.05) is 31.2 Å². The Morgan fingerprint density at radius 3 is 2.46 bits per heavy atom. The van der Waals surface area contributed by atoms with Gasteiger partial charge >= 0.3 is 0 Å². The van der Waals surface area contributed by atoms with Gasteiger partial charge < -0.3 is 36.3 Å². The second kappa shape index (κ2) is 24.8. The molecule has 6 N–H and O–H groups in total. The molecule has 3 aliphatic rings. The molecule has 3 amide bonds. The van der Waals surface area contributed by atoms with E-state index in [0.29, 0.717) is 92.0 Å². The quantitative estimate of drug-likeness (QED) is 0.0333. The first-order chi connectivity index (χ1) is 33.3. The normalized spacial score (nSPS) is 22.1. The van der Waals surface area contributed by atoms with E-state index in [4.69, 9.17) is 15.5 Å². The van der Waals surface area contributed by atoms with Gasteiger partial charge in [-0.3, -0.25) is 19.2 Å². The van der Waals surface area contributed by atoms with E-state index in [0.717, 1.165) is 66.3 Å². The molecule has 1 aliphatic heterocycles. The number of benzene rings is 2. The lowest BCUT2D eigenvalue weighted by atomic mass is 9.58. The van der Waals surface area contributed by atoms with Crippen molar-refractivity contribution in [2.24, 2.45) is 17.3 Å². The van der Waals surface area contributed by atoms with Crippen LogP contribution in [0, 0.1) is 17.3 Å². The van der Waals surface area contributed by atoms with Crippen LogP contribution >= 0.6 is 21.6 Å². The first-order valence-corrected chi connectivity index (χ1v) is 28.3. The van der Waals surface area contributed by atoms with Crippen LogP contribution in [-0.2, 0) is 32.3 Å². The van der Waals surface area contributed by atoms with Gasteiger partial charge in [0.25, 0.3) is 5.91 Å². The predicted octanol–water partition coefficient (Wildman–Crippen LogP) is 10.0. The zero-order valence-electron chi connectivity index (χ0n) is 41.8. The van der Waals surface area contributed by atoms with Crippen molar-refractivity contribution in [3.63, 3.8) is 0 Å². The predicted molar refractivity (Wildman–Crippen MR) is 282 cm³/mol. The van der Waals surface area contributed by atoms with E-state index >= 15 is 0 Å². The number of nitrogens with two attached hydrogens (primary N) is 1. The Morgan fingerprint density at radius 1 is 0.913 bits per heavy atom. The maximum Gasteiger partial charge on any atom is 0.251 e. The molecule has 6 atom stereocenters. The third-order valence-electron chi connectivity index (χ3n) is 15.0. The Hall–Kier alpha value is -4.18. The van der Waals surface area contributed by atoms with Crippen molar-refractivity contribution in [1.29, 1.82) is 0 Å². The van der Waals surface area contributed by atoms with E-state index in [1.165, 1.54) is 51.4 Å². The molecule has 2 saturated carbocycles. The summed E-state index contributed by atoms with van der Waals surface area (Å²) in [6.45, 7) is 12.9. The molecular formula is C54H78N8O5S2. The van der Waals surface area contributed by atoms with Crippen LogP contribution in [0.1, 0.15) is 164 Å². The Bertz CT molecular complexity index is 2370. The third-order valence-corrected chi connectivity index (χ3v) is 17.8. The number of nitrogen functional groups attached to an aromatic ring is 1. The summed E-state index contributed by atoms with van der Waals surface area (Å²) in [5, 5.41) is 14.3. The monoisotopic (exact) mass is 983 g/mol. The number of fused-ring (bicyclic) bond motifs is 3. The van der Waals surface area contributed by atoms with Crippen molar-refractivity contribution in [1.82, 2.24) is 35.8 Å². The van der Waals surface area contributed by atoms with Crippen molar-refractivity contribution in [3.05, 3.63) is 65.5 Å². The SMILES string of the molecule is CCOCc1nc2c(N)nc3ccccc3c2n1CC(C)(C)NC(=O)CCCCCNC(=O)CCSSC(C)c1ccc(C(=O)NCCCCC2NC3C4CCCCCCC(CC4)C3(C)C2=O)cc1. The van der Waals surface area contributed by atoms with E-state index in [2.05, 4.69) is 44.7 Å². The minimum atomic E-state index is -0.579. The summed E-state index contributed by atoms with van der Waals surface area (Å²) in [4.78, 5) is 61.9. The van der Waals surface area contributed by atoms with E-state index in [1.807, 2.05) is 69.3 Å². The number of nitrogens with zero attached hydrogens (tertiary/aromatic N) is 3. The van der Waals surface area contributed by atoms with Crippen LogP contribution < -0.4 is 27.0 Å². The molecule has 2 aromatic carbocycles. The van der Waals surface area contributed by atoms with Gasteiger partial charge in [-0.1, -0.05) is 90.9 Å². The number of carbonyl (C=O) groups excluding carboxylic acids is 4. The van der Waals surface area contributed by atoms with E-state index in [1.54, 1.807) is 21.6 Å². The molecule has 2 bridgehead atoms. The van der Waals surface area contributed by atoms with Crippen LogP contribution in [0.2, 0.25) is 0 Å². The molecule has 4 aromatic rings. The molecule has 13 nitrogen and oxygen atoms in total. The van der Waals surface area contributed by atoms with Gasteiger partial charge in [-0.25, -0.2) is 9.97 Å². The van der Waals surface area contributed by atoms with Crippen LogP contribution in [0.4, 0.5) is 5.82 Å². The molecule has 2 aliphatic carbocycles. The Kier molecular flexibility index (Phi) is 18.9. The van der Waals surface area contributed by atoms with Crippen LogP contribution in [0.5, 0.6) is 0 Å². The number of Topliss-reactive ketones (excluding diaryl/α,β-unsaturated/α-hetero) is 1. The van der Waals surface area contributed by atoms with Crippen LogP contribution in [0.25, 0.3) is 21.9 Å². The van der Waals surface area contributed by atoms with Gasteiger partial charge in [0.15, 0.2) is 11.6 Å². The summed E-state index contributed by atoms with van der Waals surface area (Å²) < 4.78 is 7.86. The van der Waals surface area contributed by atoms with Crippen molar-refractivity contribution in [3.8, 4) is 0 Å². The van der Waals surface area contributed by atoms with Gasteiger partial charge in [-0.15, -0.1) is 0 Å². The second-order valence-corrected chi connectivity index (χ2v) is 23.4. The highest BCUT2D eigenvalue weighted by Gasteiger charge is 2.58. The lowest BCUT2D eigenvalue weighted by molar-refractivity contribution is -0.132. The summed E-state index contributed by atoms with van der Waals surface area (Å²) in [6.07, 6.45) is 15.9. The number of hydrogen-bond donors (Lipinski definition) is 5. The summed E-state index contributed by atoms with van der Waals surface area (Å²) >= 11 is 0. The largest absolute Gasteiger partial charge is 0.382 e. The van der Waals surface area contributed by atoms with Crippen LogP contribution in [0.15, 0.2) is 48.5 Å². The number of aromatic nitrogens is 3. The Balaban J connectivity index is 0.731. The number of ketones is 1. The van der Waals surface area contributed by atoms with Crippen molar-refractivity contribution in [2.45, 2.75) is 173 Å².